The van der Waals surface area contributed by atoms with Gasteiger partial charge in [0, 0.05) is 22.2 Å². The van der Waals surface area contributed by atoms with Crippen LogP contribution in [-0.4, -0.2) is 0 Å². The molecule has 242 valence electrons. The van der Waals surface area contributed by atoms with Crippen molar-refractivity contribution < 1.29 is 4.42 Å². The fourth-order valence-corrected chi connectivity index (χ4v) is 8.35. The topological polar surface area (TPSA) is 16.4 Å². The van der Waals surface area contributed by atoms with Gasteiger partial charge in [-0.3, -0.25) is 0 Å². The van der Waals surface area contributed by atoms with Crippen molar-refractivity contribution in [2.45, 2.75) is 19.3 Å². The van der Waals surface area contributed by atoms with Crippen molar-refractivity contribution in [1.82, 2.24) is 0 Å². The van der Waals surface area contributed by atoms with Crippen LogP contribution in [0.5, 0.6) is 0 Å². The molecular weight excluding hydrogens is 619 g/mol. The molecule has 2 nitrogen and oxygen atoms in total. The molecule has 1 heterocycles. The van der Waals surface area contributed by atoms with Gasteiger partial charge in [0.2, 0.25) is 0 Å². The number of hydrogen-bond acceptors (Lipinski definition) is 2. The number of anilines is 3. The lowest BCUT2D eigenvalue weighted by Crippen LogP contribution is -2.16. The van der Waals surface area contributed by atoms with Gasteiger partial charge < -0.3 is 9.32 Å². The van der Waals surface area contributed by atoms with Crippen molar-refractivity contribution in [3.8, 4) is 33.4 Å². The first-order chi connectivity index (χ1) is 25.0. The van der Waals surface area contributed by atoms with Gasteiger partial charge >= 0.3 is 0 Å². The molecule has 0 unspecified atom stereocenters. The molecule has 0 atom stereocenters. The summed E-state index contributed by atoms with van der Waals surface area (Å²) in [5, 5.41) is 4.75. The minimum Gasteiger partial charge on any atom is -0.456 e. The van der Waals surface area contributed by atoms with Crippen LogP contribution in [0.4, 0.5) is 17.1 Å². The van der Waals surface area contributed by atoms with E-state index in [1.807, 2.05) is 6.07 Å². The number of nitrogens with zero attached hydrogens (tertiary/aromatic N) is 1. The van der Waals surface area contributed by atoms with Gasteiger partial charge in [0.15, 0.2) is 0 Å². The Balaban J connectivity index is 1.12. The summed E-state index contributed by atoms with van der Waals surface area (Å²) in [6, 6.07) is 63.7. The lowest BCUT2D eigenvalue weighted by Gasteiger charge is -2.28. The normalized spacial score (nSPS) is 13.1. The molecule has 10 rings (SSSR count). The minimum absolute atomic E-state index is 0.110. The second kappa shape index (κ2) is 11.3. The van der Waals surface area contributed by atoms with Crippen LogP contribution in [0.2, 0.25) is 0 Å². The summed E-state index contributed by atoms with van der Waals surface area (Å²) in [5.41, 5.74) is 15.2. The lowest BCUT2D eigenvalue weighted by molar-refractivity contribution is 0.660. The molecule has 0 amide bonds. The first-order valence-corrected chi connectivity index (χ1v) is 17.7. The molecule has 1 aliphatic rings. The molecule has 0 fully saturated rings. The molecule has 0 N–H and O–H groups in total. The smallest absolute Gasteiger partial charge is 0.137 e. The standard InChI is InChI=1S/C49H35NO/c1-49(2)43-20-7-5-17-40(43)41-29-28-37(31-44(41)49)50(45-21-11-23-47-48(45)42-18-6-8-22-46(42)51-47)36-26-24-32(25-27-36)34-14-9-15-35(30-34)39-19-10-13-33-12-3-4-16-38(33)39/h3-31H,1-2H3. The first-order valence-electron chi connectivity index (χ1n) is 17.7. The fourth-order valence-electron chi connectivity index (χ4n) is 8.35. The molecule has 9 aromatic rings. The third-order valence-corrected chi connectivity index (χ3v) is 10.9. The Morgan fingerprint density at radius 2 is 1.08 bits per heavy atom. The van der Waals surface area contributed by atoms with Crippen molar-refractivity contribution in [3.05, 3.63) is 187 Å². The van der Waals surface area contributed by atoms with E-state index in [1.54, 1.807) is 0 Å². The van der Waals surface area contributed by atoms with Gasteiger partial charge in [0.25, 0.3) is 0 Å². The summed E-state index contributed by atoms with van der Waals surface area (Å²) >= 11 is 0. The number of furan rings is 1. The van der Waals surface area contributed by atoms with E-state index in [4.69, 9.17) is 4.42 Å². The maximum absolute atomic E-state index is 6.39. The van der Waals surface area contributed by atoms with Crippen LogP contribution in [0, 0.1) is 0 Å². The number of fused-ring (bicyclic) bond motifs is 7. The van der Waals surface area contributed by atoms with Crippen LogP contribution in [0.15, 0.2) is 180 Å². The zero-order chi connectivity index (χ0) is 34.1. The Bertz CT molecular complexity index is 2780. The predicted molar refractivity (Wildman–Crippen MR) is 214 cm³/mol. The molecular formula is C49H35NO. The molecule has 0 radical (unpaired) electrons. The van der Waals surface area contributed by atoms with Gasteiger partial charge in [-0.25, -0.2) is 0 Å². The van der Waals surface area contributed by atoms with E-state index in [0.29, 0.717) is 0 Å². The zero-order valence-corrected chi connectivity index (χ0v) is 28.6. The second-order valence-corrected chi connectivity index (χ2v) is 14.1. The molecule has 8 aromatic carbocycles. The van der Waals surface area contributed by atoms with Gasteiger partial charge in [-0.15, -0.1) is 0 Å². The second-order valence-electron chi connectivity index (χ2n) is 14.1. The highest BCUT2D eigenvalue weighted by atomic mass is 16.3. The van der Waals surface area contributed by atoms with E-state index in [2.05, 4.69) is 189 Å². The molecule has 0 spiro atoms. The Kier molecular flexibility index (Phi) is 6.56. The summed E-state index contributed by atoms with van der Waals surface area (Å²) in [6.45, 7) is 4.69. The maximum Gasteiger partial charge on any atom is 0.137 e. The molecule has 0 saturated carbocycles. The van der Waals surface area contributed by atoms with E-state index in [-0.39, 0.29) is 5.41 Å². The van der Waals surface area contributed by atoms with Crippen molar-refractivity contribution >= 4 is 49.8 Å². The fraction of sp³-hybridized carbons (Fsp3) is 0.0612. The predicted octanol–water partition coefficient (Wildman–Crippen LogP) is 13.8. The molecule has 0 aliphatic heterocycles. The summed E-state index contributed by atoms with van der Waals surface area (Å²) in [7, 11) is 0. The zero-order valence-electron chi connectivity index (χ0n) is 28.6. The summed E-state index contributed by atoms with van der Waals surface area (Å²) in [5.74, 6) is 0. The van der Waals surface area contributed by atoms with Gasteiger partial charge in [-0.1, -0.05) is 141 Å². The largest absolute Gasteiger partial charge is 0.456 e. The van der Waals surface area contributed by atoms with Crippen LogP contribution in [-0.2, 0) is 5.41 Å². The maximum atomic E-state index is 6.39. The summed E-state index contributed by atoms with van der Waals surface area (Å²) in [6.07, 6.45) is 0. The Hall–Kier alpha value is -6.38. The number of rotatable bonds is 5. The van der Waals surface area contributed by atoms with Gasteiger partial charge in [0.05, 0.1) is 11.1 Å². The number of benzene rings is 8. The Morgan fingerprint density at radius 3 is 1.98 bits per heavy atom. The van der Waals surface area contributed by atoms with E-state index >= 15 is 0 Å². The average molecular weight is 654 g/mol. The lowest BCUT2D eigenvalue weighted by atomic mass is 9.82. The van der Waals surface area contributed by atoms with Gasteiger partial charge in [-0.05, 0) is 104 Å². The van der Waals surface area contributed by atoms with Crippen molar-refractivity contribution in [2.75, 3.05) is 4.90 Å². The van der Waals surface area contributed by atoms with Gasteiger partial charge in [-0.2, -0.15) is 0 Å². The molecule has 51 heavy (non-hydrogen) atoms. The van der Waals surface area contributed by atoms with Crippen LogP contribution < -0.4 is 4.90 Å². The van der Waals surface area contributed by atoms with Crippen molar-refractivity contribution in [3.63, 3.8) is 0 Å². The molecule has 1 aliphatic carbocycles. The van der Waals surface area contributed by atoms with Gasteiger partial charge in [0.1, 0.15) is 11.2 Å². The molecule has 2 heteroatoms. The van der Waals surface area contributed by atoms with Crippen LogP contribution >= 0.6 is 0 Å². The van der Waals surface area contributed by atoms with Crippen LogP contribution in [0.25, 0.3) is 66.1 Å². The third kappa shape index (κ3) is 4.64. The number of hydrogen-bond donors (Lipinski definition) is 0. The minimum atomic E-state index is -0.110. The quantitative estimate of drug-likeness (QED) is 0.184. The SMILES string of the molecule is CC1(C)c2ccccc2-c2ccc(N(c3ccc(-c4cccc(-c5cccc6ccccc56)c4)cc3)c3cccc4oc5ccccc5c34)cc21. The number of para-hydroxylation sites is 1. The Morgan fingerprint density at radius 1 is 0.431 bits per heavy atom. The monoisotopic (exact) mass is 653 g/mol. The highest BCUT2D eigenvalue weighted by Crippen LogP contribution is 2.51. The highest BCUT2D eigenvalue weighted by Gasteiger charge is 2.36. The molecule has 0 saturated heterocycles. The summed E-state index contributed by atoms with van der Waals surface area (Å²) in [4.78, 5) is 2.40. The van der Waals surface area contributed by atoms with E-state index in [9.17, 15) is 0 Å². The molecule has 1 aromatic heterocycles. The van der Waals surface area contributed by atoms with Crippen molar-refractivity contribution in [2.24, 2.45) is 0 Å². The van der Waals surface area contributed by atoms with E-state index in [0.717, 1.165) is 39.0 Å². The average Bonchev–Trinajstić information content (AvgIpc) is 3.67. The van der Waals surface area contributed by atoms with Crippen LogP contribution in [0.3, 0.4) is 0 Å². The first kappa shape index (κ1) is 29.5. The summed E-state index contributed by atoms with van der Waals surface area (Å²) < 4.78 is 6.39. The molecule has 0 bridgehead atoms. The van der Waals surface area contributed by atoms with E-state index in [1.165, 1.54) is 55.3 Å². The van der Waals surface area contributed by atoms with Crippen molar-refractivity contribution in [1.29, 1.82) is 0 Å². The highest BCUT2D eigenvalue weighted by molar-refractivity contribution is 6.13. The van der Waals surface area contributed by atoms with Crippen LogP contribution in [0.1, 0.15) is 25.0 Å². The van der Waals surface area contributed by atoms with E-state index < -0.39 is 0 Å². The Labute approximate surface area is 297 Å². The third-order valence-electron chi connectivity index (χ3n) is 10.9.